The maximum atomic E-state index is 13.1. The van der Waals surface area contributed by atoms with Crippen LogP contribution in [0.1, 0.15) is 17.2 Å². The van der Waals surface area contributed by atoms with Gasteiger partial charge in [0, 0.05) is 29.2 Å². The van der Waals surface area contributed by atoms with Gasteiger partial charge in [-0.3, -0.25) is 0 Å². The molecule has 2 atom stereocenters. The molecule has 0 aliphatic carbocycles. The summed E-state index contributed by atoms with van der Waals surface area (Å²) in [6.45, 7) is 3.84. The van der Waals surface area contributed by atoms with Gasteiger partial charge in [0.2, 0.25) is 10.0 Å². The number of rotatable bonds is 4. The second-order valence-electron chi connectivity index (χ2n) is 6.48. The molecule has 2 aromatic carbocycles. The van der Waals surface area contributed by atoms with Gasteiger partial charge in [-0.1, -0.05) is 42.5 Å². The van der Waals surface area contributed by atoms with Crippen LogP contribution in [0.15, 0.2) is 72.3 Å². The zero-order chi connectivity index (χ0) is 18.3. The molecule has 5 nitrogen and oxygen atoms in total. The van der Waals surface area contributed by atoms with E-state index in [4.69, 9.17) is 0 Å². The molecule has 0 saturated carbocycles. The first kappa shape index (κ1) is 17.0. The van der Waals surface area contributed by atoms with E-state index in [9.17, 15) is 13.5 Å². The number of para-hydroxylation sites is 1. The second-order valence-corrected chi connectivity index (χ2v) is 8.34. The lowest BCUT2D eigenvalue weighted by Crippen LogP contribution is -2.49. The number of hydrogen-bond acceptors (Lipinski definition) is 3. The van der Waals surface area contributed by atoms with Gasteiger partial charge in [-0.2, -0.15) is 4.31 Å². The number of fused-ring (bicyclic) bond motifs is 2. The number of nitrogens with one attached hydrogen (secondary N) is 1. The first-order chi connectivity index (χ1) is 12.5. The summed E-state index contributed by atoms with van der Waals surface area (Å²) < 4.78 is 27.6. The Kier molecular flexibility index (Phi) is 4.19. The fourth-order valence-corrected chi connectivity index (χ4v) is 5.57. The van der Waals surface area contributed by atoms with Gasteiger partial charge in [0.1, 0.15) is 0 Å². The first-order valence-corrected chi connectivity index (χ1v) is 9.93. The van der Waals surface area contributed by atoms with Crippen molar-refractivity contribution in [3.63, 3.8) is 0 Å². The summed E-state index contributed by atoms with van der Waals surface area (Å²) in [7, 11) is -3.69. The predicted octanol–water partition coefficient (Wildman–Crippen LogP) is 3.00. The van der Waals surface area contributed by atoms with Crippen LogP contribution in [0, 0.1) is 0 Å². The number of nitrogens with zero attached hydrogens (tertiary/aromatic N) is 1. The zero-order valence-corrected chi connectivity index (χ0v) is 15.0. The van der Waals surface area contributed by atoms with E-state index in [0.717, 1.165) is 16.5 Å². The molecule has 4 rings (SSSR count). The minimum Gasteiger partial charge on any atom is -0.387 e. The molecule has 0 radical (unpaired) electrons. The molecule has 1 aromatic heterocycles. The number of aromatic nitrogens is 1. The highest BCUT2D eigenvalue weighted by Crippen LogP contribution is 2.38. The minimum absolute atomic E-state index is 0.154. The highest BCUT2D eigenvalue weighted by molar-refractivity contribution is 7.89. The van der Waals surface area contributed by atoms with Crippen LogP contribution in [0.4, 0.5) is 0 Å². The smallest absolute Gasteiger partial charge is 0.244 e. The van der Waals surface area contributed by atoms with Gasteiger partial charge in [0.25, 0.3) is 0 Å². The van der Waals surface area contributed by atoms with E-state index >= 15 is 0 Å². The maximum absolute atomic E-state index is 13.1. The number of benzene rings is 2. The van der Waals surface area contributed by atoms with Gasteiger partial charge in [-0.05, 0) is 24.1 Å². The Bertz CT molecular complexity index is 1070. The van der Waals surface area contributed by atoms with Crippen molar-refractivity contribution in [2.24, 2.45) is 0 Å². The fraction of sp³-hybridized carbons (Fsp3) is 0.200. The molecule has 6 heteroatoms. The molecule has 1 aliphatic heterocycles. The highest BCUT2D eigenvalue weighted by atomic mass is 32.2. The molecule has 0 spiro atoms. The topological polar surface area (TPSA) is 73.4 Å². The number of H-pyrrole nitrogens is 1. The minimum atomic E-state index is -3.69. The van der Waals surface area contributed by atoms with E-state index in [0.29, 0.717) is 12.0 Å². The monoisotopic (exact) mass is 368 g/mol. The van der Waals surface area contributed by atoms with Gasteiger partial charge in [-0.15, -0.1) is 6.58 Å². The molecule has 2 N–H and O–H groups in total. The molecule has 0 fully saturated rings. The van der Waals surface area contributed by atoms with Crippen molar-refractivity contribution in [2.45, 2.75) is 23.5 Å². The summed E-state index contributed by atoms with van der Waals surface area (Å²) in [5.41, 5.74) is 2.43. The largest absolute Gasteiger partial charge is 0.387 e. The summed E-state index contributed by atoms with van der Waals surface area (Å²) in [5, 5.41) is 12.0. The van der Waals surface area contributed by atoms with Gasteiger partial charge in [0.15, 0.2) is 0 Å². The maximum Gasteiger partial charge on any atom is 0.244 e. The van der Waals surface area contributed by atoms with E-state index < -0.39 is 22.2 Å². The number of aromatic amines is 1. The van der Waals surface area contributed by atoms with Crippen LogP contribution >= 0.6 is 0 Å². The van der Waals surface area contributed by atoms with Crippen molar-refractivity contribution in [1.29, 1.82) is 0 Å². The third kappa shape index (κ3) is 2.58. The SMILES string of the molecule is C=CCN1C(Cc2c[nH]c3ccccc23)C(O)c2ccccc2S1(=O)=O. The Balaban J connectivity index is 1.82. The highest BCUT2D eigenvalue weighted by Gasteiger charge is 2.43. The quantitative estimate of drug-likeness (QED) is 0.695. The summed E-state index contributed by atoms with van der Waals surface area (Å²) in [5.74, 6) is 0. The van der Waals surface area contributed by atoms with Crippen molar-refractivity contribution in [3.8, 4) is 0 Å². The summed E-state index contributed by atoms with van der Waals surface area (Å²) in [6, 6.07) is 13.9. The molecule has 2 unspecified atom stereocenters. The number of aliphatic hydroxyl groups excluding tert-OH is 1. The second kappa shape index (κ2) is 6.39. The summed E-state index contributed by atoms with van der Waals surface area (Å²) in [6.07, 6.45) is 2.95. The van der Waals surface area contributed by atoms with Crippen LogP contribution in [0.25, 0.3) is 10.9 Å². The lowest BCUT2D eigenvalue weighted by molar-refractivity contribution is 0.0842. The Morgan fingerprint density at radius 1 is 1.15 bits per heavy atom. The molecular formula is C20H20N2O3S. The number of hydrogen-bond donors (Lipinski definition) is 2. The predicted molar refractivity (Wildman–Crippen MR) is 101 cm³/mol. The molecule has 26 heavy (non-hydrogen) atoms. The molecule has 3 aromatic rings. The number of sulfonamides is 1. The van der Waals surface area contributed by atoms with Crippen LogP contribution in [0.5, 0.6) is 0 Å². The van der Waals surface area contributed by atoms with Gasteiger partial charge >= 0.3 is 0 Å². The van der Waals surface area contributed by atoms with E-state index in [1.807, 2.05) is 30.5 Å². The van der Waals surface area contributed by atoms with Crippen molar-refractivity contribution >= 4 is 20.9 Å². The van der Waals surface area contributed by atoms with Crippen molar-refractivity contribution < 1.29 is 13.5 Å². The van der Waals surface area contributed by atoms with Crippen LogP contribution in [-0.2, 0) is 16.4 Å². The van der Waals surface area contributed by atoms with E-state index in [1.165, 1.54) is 4.31 Å². The summed E-state index contributed by atoms with van der Waals surface area (Å²) >= 11 is 0. The van der Waals surface area contributed by atoms with Crippen LogP contribution in [0.3, 0.4) is 0 Å². The molecule has 0 bridgehead atoms. The van der Waals surface area contributed by atoms with Crippen molar-refractivity contribution in [1.82, 2.24) is 9.29 Å². The zero-order valence-electron chi connectivity index (χ0n) is 14.2. The molecule has 0 amide bonds. The average molecular weight is 368 g/mol. The van der Waals surface area contributed by atoms with Crippen LogP contribution in [-0.4, -0.2) is 35.4 Å². The third-order valence-electron chi connectivity index (χ3n) is 4.97. The Hall–Kier alpha value is -2.41. The average Bonchev–Trinajstić information content (AvgIpc) is 3.06. The molecule has 1 aliphatic rings. The Morgan fingerprint density at radius 3 is 2.69 bits per heavy atom. The standard InChI is InChI=1S/C20H20N2O3S/c1-2-11-22-18(12-14-13-21-17-9-5-3-7-15(14)17)20(23)16-8-4-6-10-19(16)26(22,24)25/h2-10,13,18,20-21,23H,1,11-12H2. The Morgan fingerprint density at radius 2 is 1.88 bits per heavy atom. The third-order valence-corrected chi connectivity index (χ3v) is 6.94. The lowest BCUT2D eigenvalue weighted by atomic mass is 9.95. The normalized spacial score (nSPS) is 22.2. The van der Waals surface area contributed by atoms with Gasteiger partial charge in [0.05, 0.1) is 17.0 Å². The van der Waals surface area contributed by atoms with E-state index in [2.05, 4.69) is 11.6 Å². The molecule has 134 valence electrons. The van der Waals surface area contributed by atoms with Gasteiger partial charge in [-0.25, -0.2) is 8.42 Å². The van der Waals surface area contributed by atoms with Crippen LogP contribution in [0.2, 0.25) is 0 Å². The first-order valence-electron chi connectivity index (χ1n) is 8.49. The molecule has 0 saturated heterocycles. The fourth-order valence-electron chi connectivity index (χ4n) is 3.73. The van der Waals surface area contributed by atoms with E-state index in [-0.39, 0.29) is 11.4 Å². The van der Waals surface area contributed by atoms with Crippen molar-refractivity contribution in [3.05, 3.63) is 78.5 Å². The number of aliphatic hydroxyl groups is 1. The lowest BCUT2D eigenvalue weighted by Gasteiger charge is -2.38. The molecular weight excluding hydrogens is 348 g/mol. The van der Waals surface area contributed by atoms with E-state index in [1.54, 1.807) is 30.3 Å². The molecule has 2 heterocycles. The van der Waals surface area contributed by atoms with Crippen molar-refractivity contribution in [2.75, 3.05) is 6.54 Å². The summed E-state index contributed by atoms with van der Waals surface area (Å²) in [4.78, 5) is 3.38. The van der Waals surface area contributed by atoms with Gasteiger partial charge < -0.3 is 10.1 Å². The van der Waals surface area contributed by atoms with Crippen LogP contribution < -0.4 is 0 Å². The Labute approximate surface area is 152 Å².